The molecule has 1 aliphatic rings. The zero-order chi connectivity index (χ0) is 13.4. The van der Waals surface area contributed by atoms with Gasteiger partial charge < -0.3 is 5.32 Å². The van der Waals surface area contributed by atoms with Crippen molar-refractivity contribution in [1.82, 2.24) is 10.3 Å². The molecule has 0 radical (unpaired) electrons. The minimum atomic E-state index is -0.0105. The highest BCUT2D eigenvalue weighted by Crippen LogP contribution is 2.30. The lowest BCUT2D eigenvalue weighted by molar-refractivity contribution is 0.0963. The van der Waals surface area contributed by atoms with Gasteiger partial charge in [0.15, 0.2) is 0 Å². The quantitative estimate of drug-likeness (QED) is 0.877. The van der Waals surface area contributed by atoms with Crippen LogP contribution in [0.5, 0.6) is 0 Å². The van der Waals surface area contributed by atoms with Crippen molar-refractivity contribution in [2.45, 2.75) is 25.7 Å². The summed E-state index contributed by atoms with van der Waals surface area (Å²) < 4.78 is 0.975. The number of rotatable bonds is 1. The maximum atomic E-state index is 12.3. The number of carbonyl (C=O) groups excluding carboxylic acids is 1. The third kappa shape index (κ3) is 2.14. The number of nitrogens with one attached hydrogen (secondary N) is 1. The van der Waals surface area contributed by atoms with Crippen LogP contribution in [0.2, 0.25) is 0 Å². The van der Waals surface area contributed by atoms with Gasteiger partial charge in [0.25, 0.3) is 5.91 Å². The fraction of sp³-hybridized carbons (Fsp3) is 0.333. The van der Waals surface area contributed by atoms with Crippen LogP contribution in [0.15, 0.2) is 22.7 Å². The van der Waals surface area contributed by atoms with Crippen molar-refractivity contribution in [3.8, 4) is 0 Å². The Labute approximate surface area is 120 Å². The van der Waals surface area contributed by atoms with Crippen LogP contribution in [-0.2, 0) is 12.8 Å². The molecule has 1 amide bonds. The summed E-state index contributed by atoms with van der Waals surface area (Å²) >= 11 is 3.47. The molecule has 1 aromatic heterocycles. The second kappa shape index (κ2) is 4.93. The van der Waals surface area contributed by atoms with Crippen molar-refractivity contribution in [1.29, 1.82) is 0 Å². The lowest BCUT2D eigenvalue weighted by Gasteiger charge is -2.20. The third-order valence-electron chi connectivity index (χ3n) is 3.68. The average molecular weight is 319 g/mol. The third-order valence-corrected chi connectivity index (χ3v) is 4.17. The smallest absolute Gasteiger partial charge is 0.252 e. The summed E-state index contributed by atoms with van der Waals surface area (Å²) in [6.45, 7) is 0. The Balaban J connectivity index is 2.37. The first-order valence-electron chi connectivity index (χ1n) is 6.54. The van der Waals surface area contributed by atoms with E-state index in [9.17, 15) is 4.79 Å². The molecule has 2 aromatic rings. The van der Waals surface area contributed by atoms with E-state index in [1.165, 1.54) is 0 Å². The number of amides is 1. The first kappa shape index (κ1) is 12.6. The maximum absolute atomic E-state index is 12.3. The van der Waals surface area contributed by atoms with E-state index in [1.807, 2.05) is 18.2 Å². The molecule has 1 N–H and O–H groups in total. The van der Waals surface area contributed by atoms with Crippen LogP contribution in [0.25, 0.3) is 10.9 Å². The molecule has 0 saturated carbocycles. The summed E-state index contributed by atoms with van der Waals surface area (Å²) in [6, 6.07) is 5.93. The molecule has 3 rings (SSSR count). The van der Waals surface area contributed by atoms with Gasteiger partial charge in [0.05, 0.1) is 11.1 Å². The molecule has 0 saturated heterocycles. The van der Waals surface area contributed by atoms with Gasteiger partial charge in [0.2, 0.25) is 0 Å². The minimum Gasteiger partial charge on any atom is -0.355 e. The topological polar surface area (TPSA) is 42.0 Å². The molecule has 19 heavy (non-hydrogen) atoms. The molecule has 3 nitrogen and oxygen atoms in total. The molecule has 1 heterocycles. The fourth-order valence-electron chi connectivity index (χ4n) is 2.78. The normalized spacial score (nSPS) is 14.2. The molecule has 4 heteroatoms. The number of benzene rings is 1. The lowest BCUT2D eigenvalue weighted by atomic mass is 9.89. The van der Waals surface area contributed by atoms with Crippen LogP contribution in [0.3, 0.4) is 0 Å². The van der Waals surface area contributed by atoms with E-state index in [0.717, 1.165) is 57.9 Å². The molecule has 0 unspecified atom stereocenters. The largest absolute Gasteiger partial charge is 0.355 e. The average Bonchev–Trinajstić information content (AvgIpc) is 2.44. The highest BCUT2D eigenvalue weighted by atomic mass is 79.9. The van der Waals surface area contributed by atoms with E-state index in [-0.39, 0.29) is 5.91 Å². The molecule has 0 atom stereocenters. The van der Waals surface area contributed by atoms with E-state index in [1.54, 1.807) is 7.05 Å². The Bertz CT molecular complexity index is 667. The van der Waals surface area contributed by atoms with Gasteiger partial charge in [-0.25, -0.2) is 0 Å². The van der Waals surface area contributed by atoms with E-state index < -0.39 is 0 Å². The second-order valence-corrected chi connectivity index (χ2v) is 5.78. The summed E-state index contributed by atoms with van der Waals surface area (Å²) in [5, 5.41) is 3.70. The van der Waals surface area contributed by atoms with Crippen LogP contribution >= 0.6 is 15.9 Å². The number of halogens is 1. The Kier molecular flexibility index (Phi) is 3.27. The fourth-order valence-corrected chi connectivity index (χ4v) is 3.14. The first-order chi connectivity index (χ1) is 9.20. The van der Waals surface area contributed by atoms with Gasteiger partial charge >= 0.3 is 0 Å². The number of pyridine rings is 1. The van der Waals surface area contributed by atoms with Gasteiger partial charge in [-0.2, -0.15) is 0 Å². The number of aryl methyl sites for hydroxylation is 1. The van der Waals surface area contributed by atoms with Crippen molar-refractivity contribution in [2.75, 3.05) is 7.05 Å². The molecular weight excluding hydrogens is 304 g/mol. The van der Waals surface area contributed by atoms with Crippen molar-refractivity contribution in [3.05, 3.63) is 39.5 Å². The van der Waals surface area contributed by atoms with Crippen LogP contribution in [0.1, 0.15) is 34.5 Å². The first-order valence-corrected chi connectivity index (χ1v) is 7.33. The summed E-state index contributed by atoms with van der Waals surface area (Å²) in [7, 11) is 1.68. The van der Waals surface area contributed by atoms with Gasteiger partial charge in [-0.15, -0.1) is 0 Å². The number of nitrogens with zero attached hydrogens (tertiary/aromatic N) is 1. The Morgan fingerprint density at radius 3 is 2.89 bits per heavy atom. The van der Waals surface area contributed by atoms with Crippen LogP contribution in [0, 0.1) is 0 Å². The SMILES string of the molecule is CNC(=O)c1c2c(nc3ccc(Br)cc13)CCCC2. The van der Waals surface area contributed by atoms with Crippen LogP contribution < -0.4 is 5.32 Å². The van der Waals surface area contributed by atoms with E-state index in [0.29, 0.717) is 0 Å². The zero-order valence-electron chi connectivity index (χ0n) is 10.8. The molecule has 1 aromatic carbocycles. The Morgan fingerprint density at radius 1 is 1.32 bits per heavy atom. The van der Waals surface area contributed by atoms with Gasteiger partial charge in [0, 0.05) is 22.6 Å². The van der Waals surface area contributed by atoms with Gasteiger partial charge in [-0.1, -0.05) is 15.9 Å². The van der Waals surface area contributed by atoms with Gasteiger partial charge in [-0.3, -0.25) is 9.78 Å². The van der Waals surface area contributed by atoms with Crippen molar-refractivity contribution in [2.24, 2.45) is 0 Å². The number of hydrogen-bond acceptors (Lipinski definition) is 2. The zero-order valence-corrected chi connectivity index (χ0v) is 12.4. The predicted octanol–water partition coefficient (Wildman–Crippen LogP) is 3.24. The lowest BCUT2D eigenvalue weighted by Crippen LogP contribution is -2.22. The van der Waals surface area contributed by atoms with E-state index in [4.69, 9.17) is 4.98 Å². The molecule has 0 aliphatic heterocycles. The van der Waals surface area contributed by atoms with Crippen LogP contribution in [-0.4, -0.2) is 17.9 Å². The highest BCUT2D eigenvalue weighted by molar-refractivity contribution is 9.10. The number of fused-ring (bicyclic) bond motifs is 2. The summed E-state index contributed by atoms with van der Waals surface area (Å²) in [5.74, 6) is -0.0105. The summed E-state index contributed by atoms with van der Waals surface area (Å²) in [6.07, 6.45) is 4.23. The number of aromatic nitrogens is 1. The van der Waals surface area contributed by atoms with Gasteiger partial charge in [0.1, 0.15) is 0 Å². The van der Waals surface area contributed by atoms with E-state index in [2.05, 4.69) is 21.2 Å². The summed E-state index contributed by atoms with van der Waals surface area (Å²) in [4.78, 5) is 17.0. The maximum Gasteiger partial charge on any atom is 0.252 e. The second-order valence-electron chi connectivity index (χ2n) is 4.86. The number of carbonyl (C=O) groups is 1. The molecular formula is C15H15BrN2O. The van der Waals surface area contributed by atoms with Crippen LogP contribution in [0.4, 0.5) is 0 Å². The number of hydrogen-bond donors (Lipinski definition) is 1. The predicted molar refractivity (Wildman–Crippen MR) is 79.5 cm³/mol. The standard InChI is InChI=1S/C15H15BrN2O/c1-17-15(19)14-10-4-2-3-5-12(10)18-13-7-6-9(16)8-11(13)14/h6-8H,2-5H2,1H3,(H,17,19). The highest BCUT2D eigenvalue weighted by Gasteiger charge is 2.21. The Morgan fingerprint density at radius 2 is 2.11 bits per heavy atom. The minimum absolute atomic E-state index is 0.0105. The van der Waals surface area contributed by atoms with Crippen molar-refractivity contribution in [3.63, 3.8) is 0 Å². The van der Waals surface area contributed by atoms with Crippen molar-refractivity contribution >= 4 is 32.7 Å². The van der Waals surface area contributed by atoms with Crippen molar-refractivity contribution < 1.29 is 4.79 Å². The molecule has 98 valence electrons. The monoisotopic (exact) mass is 318 g/mol. The molecule has 0 fully saturated rings. The Hall–Kier alpha value is -1.42. The summed E-state index contributed by atoms with van der Waals surface area (Å²) in [5.41, 5.74) is 3.95. The van der Waals surface area contributed by atoms with E-state index >= 15 is 0 Å². The molecule has 1 aliphatic carbocycles. The molecule has 0 bridgehead atoms. The molecule has 0 spiro atoms. The van der Waals surface area contributed by atoms with Gasteiger partial charge in [-0.05, 0) is 49.4 Å².